The normalized spacial score (nSPS) is 10.3. The van der Waals surface area contributed by atoms with Crippen LogP contribution >= 0.6 is 23.4 Å². The van der Waals surface area contributed by atoms with E-state index in [2.05, 4.69) is 13.0 Å². The van der Waals surface area contributed by atoms with E-state index in [-0.39, 0.29) is 0 Å². The lowest BCUT2D eigenvalue weighted by molar-refractivity contribution is 0.413. The fourth-order valence-corrected chi connectivity index (χ4v) is 2.68. The van der Waals surface area contributed by atoms with Gasteiger partial charge in [0.25, 0.3) is 0 Å². The number of hydrogen-bond donors (Lipinski definition) is 0. The second kappa shape index (κ2) is 5.48. The van der Waals surface area contributed by atoms with Gasteiger partial charge in [-0.2, -0.15) is 0 Å². The molecule has 0 radical (unpaired) electrons. The smallest absolute Gasteiger partial charge is 0.119 e. The lowest BCUT2D eigenvalue weighted by atomic mass is 10.2. The van der Waals surface area contributed by atoms with E-state index in [1.807, 2.05) is 36.4 Å². The van der Waals surface area contributed by atoms with Crippen LogP contribution in [0.15, 0.2) is 52.3 Å². The molecule has 3 heteroatoms. The fourth-order valence-electron chi connectivity index (χ4n) is 1.52. The molecule has 0 unspecified atom stereocenters. The maximum Gasteiger partial charge on any atom is 0.119 e. The van der Waals surface area contributed by atoms with Gasteiger partial charge in [0.05, 0.1) is 7.11 Å². The molecule has 0 aromatic heterocycles. The zero-order valence-electron chi connectivity index (χ0n) is 9.74. The molecule has 2 aromatic rings. The highest BCUT2D eigenvalue weighted by Crippen LogP contribution is 2.33. The standard InChI is InChI=1S/C14H13ClOS/c1-10-8-11(15)6-7-14(10)17-13-5-3-4-12(9-13)16-2/h3-9H,1-2H3. The van der Waals surface area contributed by atoms with Crippen LogP contribution < -0.4 is 4.74 Å². The average Bonchev–Trinajstić information content (AvgIpc) is 2.33. The van der Waals surface area contributed by atoms with E-state index >= 15 is 0 Å². The summed E-state index contributed by atoms with van der Waals surface area (Å²) in [5.41, 5.74) is 1.19. The Morgan fingerprint density at radius 2 is 1.94 bits per heavy atom. The summed E-state index contributed by atoms with van der Waals surface area (Å²) < 4.78 is 5.21. The molecular weight excluding hydrogens is 252 g/mol. The molecule has 0 saturated carbocycles. The molecule has 1 nitrogen and oxygen atoms in total. The first-order chi connectivity index (χ1) is 8.19. The molecule has 0 heterocycles. The Morgan fingerprint density at radius 3 is 2.65 bits per heavy atom. The van der Waals surface area contributed by atoms with Gasteiger partial charge in [-0.25, -0.2) is 0 Å². The van der Waals surface area contributed by atoms with Gasteiger partial charge in [-0.05, 0) is 48.9 Å². The maximum absolute atomic E-state index is 5.94. The van der Waals surface area contributed by atoms with Crippen molar-refractivity contribution in [1.82, 2.24) is 0 Å². The Bertz CT molecular complexity index is 525. The van der Waals surface area contributed by atoms with E-state index in [0.29, 0.717) is 0 Å². The minimum absolute atomic E-state index is 0.775. The van der Waals surface area contributed by atoms with E-state index in [4.69, 9.17) is 16.3 Å². The first-order valence-electron chi connectivity index (χ1n) is 5.27. The topological polar surface area (TPSA) is 9.23 Å². The second-order valence-corrected chi connectivity index (χ2v) is 5.24. The molecule has 88 valence electrons. The maximum atomic E-state index is 5.94. The van der Waals surface area contributed by atoms with Gasteiger partial charge in [0.1, 0.15) is 5.75 Å². The van der Waals surface area contributed by atoms with Crippen LogP contribution in [0.5, 0.6) is 5.75 Å². The molecule has 0 N–H and O–H groups in total. The molecule has 17 heavy (non-hydrogen) atoms. The predicted octanol–water partition coefficient (Wildman–Crippen LogP) is 4.81. The number of rotatable bonds is 3. The van der Waals surface area contributed by atoms with Gasteiger partial charge in [-0.3, -0.25) is 0 Å². The highest BCUT2D eigenvalue weighted by Gasteiger charge is 2.03. The lowest BCUT2D eigenvalue weighted by Gasteiger charge is -2.07. The number of aryl methyl sites for hydroxylation is 1. The van der Waals surface area contributed by atoms with Gasteiger partial charge in [-0.1, -0.05) is 29.4 Å². The molecular formula is C14H13ClOS. The summed E-state index contributed by atoms with van der Waals surface area (Å²) in [6.45, 7) is 2.06. The number of hydrogen-bond acceptors (Lipinski definition) is 2. The largest absolute Gasteiger partial charge is 0.497 e. The Labute approximate surface area is 111 Å². The number of benzene rings is 2. The van der Waals surface area contributed by atoms with Crippen molar-refractivity contribution in [2.45, 2.75) is 16.7 Å². The van der Waals surface area contributed by atoms with Gasteiger partial charge < -0.3 is 4.74 Å². The molecule has 0 amide bonds. The molecule has 2 rings (SSSR count). The third kappa shape index (κ3) is 3.18. The van der Waals surface area contributed by atoms with Crippen LogP contribution in [-0.2, 0) is 0 Å². The molecule has 0 bridgehead atoms. The van der Waals surface area contributed by atoms with Crippen LogP contribution in [0.1, 0.15) is 5.56 Å². The summed E-state index contributed by atoms with van der Waals surface area (Å²) in [5.74, 6) is 0.876. The van der Waals surface area contributed by atoms with Crippen LogP contribution in [0.25, 0.3) is 0 Å². The first kappa shape index (κ1) is 12.3. The summed E-state index contributed by atoms with van der Waals surface area (Å²) in [7, 11) is 1.68. The minimum Gasteiger partial charge on any atom is -0.497 e. The third-order valence-electron chi connectivity index (χ3n) is 2.41. The van der Waals surface area contributed by atoms with Gasteiger partial charge in [0.15, 0.2) is 0 Å². The molecule has 2 aromatic carbocycles. The molecule has 0 atom stereocenters. The molecule has 0 aliphatic heterocycles. The molecule has 0 saturated heterocycles. The Kier molecular flexibility index (Phi) is 3.97. The van der Waals surface area contributed by atoms with E-state index in [0.717, 1.165) is 15.7 Å². The van der Waals surface area contributed by atoms with Crippen molar-refractivity contribution in [1.29, 1.82) is 0 Å². The van der Waals surface area contributed by atoms with Crippen molar-refractivity contribution in [3.05, 3.63) is 53.1 Å². The van der Waals surface area contributed by atoms with E-state index in [9.17, 15) is 0 Å². The van der Waals surface area contributed by atoms with Crippen LogP contribution in [-0.4, -0.2) is 7.11 Å². The zero-order chi connectivity index (χ0) is 12.3. The second-order valence-electron chi connectivity index (χ2n) is 3.69. The Balaban J connectivity index is 2.25. The minimum atomic E-state index is 0.775. The van der Waals surface area contributed by atoms with Gasteiger partial charge in [0.2, 0.25) is 0 Å². The zero-order valence-corrected chi connectivity index (χ0v) is 11.3. The predicted molar refractivity (Wildman–Crippen MR) is 73.3 cm³/mol. The van der Waals surface area contributed by atoms with Crippen molar-refractivity contribution in [3.63, 3.8) is 0 Å². The van der Waals surface area contributed by atoms with Gasteiger partial charge in [0, 0.05) is 14.8 Å². The van der Waals surface area contributed by atoms with Gasteiger partial charge >= 0.3 is 0 Å². The van der Waals surface area contributed by atoms with E-state index in [1.54, 1.807) is 18.9 Å². The third-order valence-corrected chi connectivity index (χ3v) is 3.81. The summed E-state index contributed by atoms with van der Waals surface area (Å²) in [6, 6.07) is 14.0. The van der Waals surface area contributed by atoms with Crippen LogP contribution in [0.4, 0.5) is 0 Å². The van der Waals surface area contributed by atoms with Crippen LogP contribution in [0, 0.1) is 6.92 Å². The SMILES string of the molecule is COc1cccc(Sc2ccc(Cl)cc2C)c1. The summed E-state index contributed by atoms with van der Waals surface area (Å²) in [4.78, 5) is 2.37. The number of methoxy groups -OCH3 is 1. The first-order valence-corrected chi connectivity index (χ1v) is 6.46. The van der Waals surface area contributed by atoms with Crippen molar-refractivity contribution in [2.24, 2.45) is 0 Å². The van der Waals surface area contributed by atoms with Crippen LogP contribution in [0.3, 0.4) is 0 Å². The monoisotopic (exact) mass is 264 g/mol. The molecule has 0 spiro atoms. The molecule has 0 fully saturated rings. The fraction of sp³-hybridized carbons (Fsp3) is 0.143. The number of ether oxygens (including phenoxy) is 1. The molecule has 0 aliphatic carbocycles. The Hall–Kier alpha value is -1.12. The van der Waals surface area contributed by atoms with Crippen molar-refractivity contribution in [2.75, 3.05) is 7.11 Å². The summed E-state index contributed by atoms with van der Waals surface area (Å²) in [5, 5.41) is 0.775. The average molecular weight is 265 g/mol. The highest BCUT2D eigenvalue weighted by atomic mass is 35.5. The van der Waals surface area contributed by atoms with Crippen LogP contribution in [0.2, 0.25) is 5.02 Å². The van der Waals surface area contributed by atoms with Crippen molar-refractivity contribution < 1.29 is 4.74 Å². The Morgan fingerprint density at radius 1 is 1.12 bits per heavy atom. The number of halogens is 1. The summed E-state index contributed by atoms with van der Waals surface area (Å²) >= 11 is 7.65. The van der Waals surface area contributed by atoms with Gasteiger partial charge in [-0.15, -0.1) is 0 Å². The van der Waals surface area contributed by atoms with Crippen molar-refractivity contribution in [3.8, 4) is 5.75 Å². The van der Waals surface area contributed by atoms with E-state index < -0.39 is 0 Å². The quantitative estimate of drug-likeness (QED) is 0.787. The summed E-state index contributed by atoms with van der Waals surface area (Å²) in [6.07, 6.45) is 0. The van der Waals surface area contributed by atoms with E-state index in [1.165, 1.54) is 10.5 Å². The highest BCUT2D eigenvalue weighted by molar-refractivity contribution is 7.99. The molecule has 0 aliphatic rings. The van der Waals surface area contributed by atoms with Crippen molar-refractivity contribution >= 4 is 23.4 Å². The lowest BCUT2D eigenvalue weighted by Crippen LogP contribution is -1.83.